The molecular weight excluding hydrogens is 336 g/mol. The first-order chi connectivity index (χ1) is 12.6. The second-order valence-corrected chi connectivity index (χ2v) is 5.90. The molecule has 0 spiro atoms. The van der Waals surface area contributed by atoms with E-state index >= 15 is 0 Å². The summed E-state index contributed by atoms with van der Waals surface area (Å²) >= 11 is 0. The maximum atomic E-state index is 12.5. The zero-order valence-electron chi connectivity index (χ0n) is 13.9. The molecule has 26 heavy (non-hydrogen) atoms. The molecule has 0 unspecified atom stereocenters. The van der Waals surface area contributed by atoms with Gasteiger partial charge in [-0.1, -0.05) is 6.07 Å². The number of furan rings is 1. The minimum atomic E-state index is -0.478. The Morgan fingerprint density at radius 2 is 2.00 bits per heavy atom. The van der Waals surface area contributed by atoms with Gasteiger partial charge in [0.15, 0.2) is 11.5 Å². The van der Waals surface area contributed by atoms with E-state index in [0.29, 0.717) is 23.0 Å². The predicted octanol–water partition coefficient (Wildman–Crippen LogP) is 2.85. The topological polar surface area (TPSA) is 93.6 Å². The first-order valence-electron chi connectivity index (χ1n) is 8.09. The number of nitrogens with one attached hydrogen (secondary N) is 2. The maximum absolute atomic E-state index is 12.5. The number of H-pyrrole nitrogens is 1. The van der Waals surface area contributed by atoms with Crippen LogP contribution in [0.4, 0.5) is 0 Å². The molecule has 0 saturated carbocycles. The molecular formula is C19H16N2O5. The fourth-order valence-electron chi connectivity index (χ4n) is 2.77. The summed E-state index contributed by atoms with van der Waals surface area (Å²) in [5.74, 6) is 1.40. The van der Waals surface area contributed by atoms with Crippen LogP contribution in [-0.2, 0) is 0 Å². The number of aromatic amines is 1. The van der Waals surface area contributed by atoms with Gasteiger partial charge in [-0.15, -0.1) is 0 Å². The molecule has 2 aromatic heterocycles. The fourth-order valence-corrected chi connectivity index (χ4v) is 2.77. The number of ether oxygens (including phenoxy) is 2. The molecule has 0 aliphatic carbocycles. The monoisotopic (exact) mass is 352 g/mol. The molecule has 0 bridgehead atoms. The van der Waals surface area contributed by atoms with Crippen LogP contribution in [0.15, 0.2) is 57.9 Å². The second kappa shape index (κ2) is 6.44. The van der Waals surface area contributed by atoms with Gasteiger partial charge in [0.25, 0.3) is 11.5 Å². The van der Waals surface area contributed by atoms with Crippen LogP contribution in [-0.4, -0.2) is 17.7 Å². The van der Waals surface area contributed by atoms with Crippen LogP contribution < -0.4 is 20.3 Å². The summed E-state index contributed by atoms with van der Waals surface area (Å²) in [7, 11) is 0. The summed E-state index contributed by atoms with van der Waals surface area (Å²) < 4.78 is 15.9. The Kier molecular flexibility index (Phi) is 3.96. The molecule has 1 aliphatic rings. The molecule has 3 aromatic rings. The van der Waals surface area contributed by atoms with Crippen molar-refractivity contribution in [3.05, 3.63) is 70.2 Å². The van der Waals surface area contributed by atoms with Gasteiger partial charge in [-0.2, -0.15) is 0 Å². The Labute approximate surface area is 148 Å². The first kappa shape index (κ1) is 16.0. The van der Waals surface area contributed by atoms with Gasteiger partial charge in [0.2, 0.25) is 6.79 Å². The van der Waals surface area contributed by atoms with Crippen LogP contribution in [0.1, 0.15) is 28.9 Å². The van der Waals surface area contributed by atoms with Crippen LogP contribution in [0.3, 0.4) is 0 Å². The normalized spacial score (nSPS) is 13.4. The first-order valence-corrected chi connectivity index (χ1v) is 8.09. The van der Waals surface area contributed by atoms with Crippen LogP contribution in [0, 0.1) is 0 Å². The van der Waals surface area contributed by atoms with Crippen LogP contribution >= 0.6 is 0 Å². The molecule has 4 rings (SSSR count). The third kappa shape index (κ3) is 2.95. The van der Waals surface area contributed by atoms with E-state index < -0.39 is 11.5 Å². The van der Waals surface area contributed by atoms with Gasteiger partial charge < -0.3 is 24.2 Å². The highest BCUT2D eigenvalue weighted by molar-refractivity contribution is 5.94. The van der Waals surface area contributed by atoms with E-state index in [4.69, 9.17) is 13.9 Å². The Bertz CT molecular complexity index is 1010. The van der Waals surface area contributed by atoms with Gasteiger partial charge in [0, 0.05) is 0 Å². The number of hydrogen-bond donors (Lipinski definition) is 2. The number of carbonyl (C=O) groups is 1. The van der Waals surface area contributed by atoms with E-state index in [1.54, 1.807) is 24.3 Å². The summed E-state index contributed by atoms with van der Waals surface area (Å²) in [6.07, 6.45) is 1.52. The van der Waals surface area contributed by atoms with Crippen molar-refractivity contribution in [2.24, 2.45) is 0 Å². The number of pyridine rings is 1. The highest BCUT2D eigenvalue weighted by Gasteiger charge is 2.19. The Hall–Kier alpha value is -3.48. The molecule has 2 N–H and O–H groups in total. The molecule has 0 saturated heterocycles. The molecule has 7 heteroatoms. The molecule has 1 aromatic carbocycles. The Balaban J connectivity index is 1.52. The Morgan fingerprint density at radius 3 is 2.77 bits per heavy atom. The molecule has 132 valence electrons. The average molecular weight is 352 g/mol. The molecule has 1 aliphatic heterocycles. The van der Waals surface area contributed by atoms with Crippen molar-refractivity contribution in [2.75, 3.05) is 6.79 Å². The van der Waals surface area contributed by atoms with Gasteiger partial charge in [-0.3, -0.25) is 9.59 Å². The summed E-state index contributed by atoms with van der Waals surface area (Å²) in [6.45, 7) is 2.03. The van der Waals surface area contributed by atoms with E-state index in [-0.39, 0.29) is 18.4 Å². The van der Waals surface area contributed by atoms with Crippen molar-refractivity contribution in [3.8, 4) is 23.0 Å². The average Bonchev–Trinajstić information content (AvgIpc) is 3.32. The smallest absolute Gasteiger partial charge is 0.261 e. The highest BCUT2D eigenvalue weighted by Crippen LogP contribution is 2.34. The van der Waals surface area contributed by atoms with Crippen LogP contribution in [0.25, 0.3) is 11.5 Å². The summed E-state index contributed by atoms with van der Waals surface area (Å²) in [5, 5.41) is 2.82. The van der Waals surface area contributed by atoms with Crippen molar-refractivity contribution in [1.29, 1.82) is 0 Å². The molecule has 1 atom stereocenters. The largest absolute Gasteiger partial charge is 0.463 e. The standard InChI is InChI=1S/C19H16N2O5/c1-11(12-4-7-16-17(9-12)26-10-25-16)20-18(22)13-5-6-14(21-19(13)23)15-3-2-8-24-15/h2-9,11H,10H2,1H3,(H,20,22)(H,21,23)/t11-/m1/s1. The lowest BCUT2D eigenvalue weighted by atomic mass is 10.1. The minimum Gasteiger partial charge on any atom is -0.463 e. The van der Waals surface area contributed by atoms with E-state index in [1.807, 2.05) is 19.1 Å². The second-order valence-electron chi connectivity index (χ2n) is 5.90. The van der Waals surface area contributed by atoms with Crippen molar-refractivity contribution in [3.63, 3.8) is 0 Å². The summed E-state index contributed by atoms with van der Waals surface area (Å²) in [4.78, 5) is 27.4. The van der Waals surface area contributed by atoms with Gasteiger partial charge in [-0.25, -0.2) is 0 Å². The molecule has 1 amide bonds. The zero-order valence-corrected chi connectivity index (χ0v) is 13.9. The van der Waals surface area contributed by atoms with Crippen molar-refractivity contribution in [2.45, 2.75) is 13.0 Å². The number of hydrogen-bond acceptors (Lipinski definition) is 5. The SMILES string of the molecule is C[C@@H](NC(=O)c1ccc(-c2ccco2)[nH]c1=O)c1ccc2c(c1)OCO2. The summed E-state index contributed by atoms with van der Waals surface area (Å²) in [5.41, 5.74) is 0.925. The van der Waals surface area contributed by atoms with Crippen LogP contribution in [0.2, 0.25) is 0 Å². The summed E-state index contributed by atoms with van der Waals surface area (Å²) in [6, 6.07) is 11.7. The maximum Gasteiger partial charge on any atom is 0.261 e. The molecule has 7 nitrogen and oxygen atoms in total. The van der Waals surface area contributed by atoms with Crippen molar-refractivity contribution < 1.29 is 18.7 Å². The van der Waals surface area contributed by atoms with Gasteiger partial charge >= 0.3 is 0 Å². The Morgan fingerprint density at radius 1 is 1.15 bits per heavy atom. The van der Waals surface area contributed by atoms with Gasteiger partial charge in [-0.05, 0) is 48.9 Å². The predicted molar refractivity (Wildman–Crippen MR) is 93.2 cm³/mol. The molecule has 3 heterocycles. The lowest BCUT2D eigenvalue weighted by Gasteiger charge is -2.14. The number of benzene rings is 1. The molecule has 0 fully saturated rings. The quantitative estimate of drug-likeness (QED) is 0.753. The van der Waals surface area contributed by atoms with E-state index in [0.717, 1.165) is 5.56 Å². The highest BCUT2D eigenvalue weighted by atomic mass is 16.7. The van der Waals surface area contributed by atoms with Crippen molar-refractivity contribution in [1.82, 2.24) is 10.3 Å². The van der Waals surface area contributed by atoms with E-state index in [2.05, 4.69) is 10.3 Å². The van der Waals surface area contributed by atoms with E-state index in [9.17, 15) is 9.59 Å². The number of amides is 1. The van der Waals surface area contributed by atoms with E-state index in [1.165, 1.54) is 12.3 Å². The number of fused-ring (bicyclic) bond motifs is 1. The minimum absolute atomic E-state index is 0.0351. The number of carbonyl (C=O) groups excluding carboxylic acids is 1. The van der Waals surface area contributed by atoms with Gasteiger partial charge in [0.1, 0.15) is 11.3 Å². The lowest BCUT2D eigenvalue weighted by molar-refractivity contribution is 0.0938. The molecule has 0 radical (unpaired) electrons. The third-order valence-corrected chi connectivity index (χ3v) is 4.18. The van der Waals surface area contributed by atoms with Gasteiger partial charge in [0.05, 0.1) is 18.0 Å². The lowest BCUT2D eigenvalue weighted by Crippen LogP contribution is -2.31. The number of aromatic nitrogens is 1. The fraction of sp³-hybridized carbons (Fsp3) is 0.158. The third-order valence-electron chi connectivity index (χ3n) is 4.18. The van der Waals surface area contributed by atoms with Crippen LogP contribution in [0.5, 0.6) is 11.5 Å². The number of rotatable bonds is 4. The van der Waals surface area contributed by atoms with Crippen molar-refractivity contribution >= 4 is 5.91 Å². The zero-order chi connectivity index (χ0) is 18.1.